The number of aryl methyl sites for hydroxylation is 4. The number of rotatable bonds is 4. The van der Waals surface area contributed by atoms with Crippen LogP contribution in [0.3, 0.4) is 0 Å². The zero-order valence-corrected chi connectivity index (χ0v) is 12.9. The van der Waals surface area contributed by atoms with Crippen molar-refractivity contribution in [2.24, 2.45) is 0 Å². The molecule has 0 radical (unpaired) electrons. The maximum absolute atomic E-state index is 9.79. The van der Waals surface area contributed by atoms with Gasteiger partial charge in [-0.05, 0) is 57.4 Å². The quantitative estimate of drug-likeness (QED) is 0.882. The Kier molecular flexibility index (Phi) is 4.19. The maximum Gasteiger partial charge on any atom is 0.121 e. The van der Waals surface area contributed by atoms with Crippen LogP contribution in [-0.2, 0) is 6.54 Å². The van der Waals surface area contributed by atoms with E-state index in [0.29, 0.717) is 5.75 Å². The molecule has 108 valence electrons. The molecule has 0 bridgehead atoms. The Morgan fingerprint density at radius 2 is 1.70 bits per heavy atom. The normalized spacial score (nSPS) is 12.7. The molecule has 1 heterocycles. The molecule has 0 spiro atoms. The third-order valence-corrected chi connectivity index (χ3v) is 3.71. The van der Waals surface area contributed by atoms with Crippen molar-refractivity contribution in [2.45, 2.75) is 47.2 Å². The standard InChI is InChI=1S/C17H23NO2/c1-10-6-15(7-11(2)17(10)19)9-18-13(4)16-8-12(3)20-14(16)5/h6-8,13,18-19H,9H2,1-5H3. The van der Waals surface area contributed by atoms with Gasteiger partial charge in [-0.25, -0.2) is 0 Å². The molecule has 0 saturated carbocycles. The van der Waals surface area contributed by atoms with Crippen molar-refractivity contribution in [3.63, 3.8) is 0 Å². The Labute approximate surface area is 120 Å². The van der Waals surface area contributed by atoms with Gasteiger partial charge in [-0.1, -0.05) is 12.1 Å². The molecule has 20 heavy (non-hydrogen) atoms. The second-order valence-electron chi connectivity index (χ2n) is 5.55. The van der Waals surface area contributed by atoms with E-state index in [2.05, 4.69) is 18.3 Å². The summed E-state index contributed by atoms with van der Waals surface area (Å²) < 4.78 is 5.57. The summed E-state index contributed by atoms with van der Waals surface area (Å²) in [6.45, 7) is 10.7. The highest BCUT2D eigenvalue weighted by molar-refractivity contribution is 5.42. The van der Waals surface area contributed by atoms with Gasteiger partial charge in [0.2, 0.25) is 0 Å². The van der Waals surface area contributed by atoms with Crippen molar-refractivity contribution in [3.8, 4) is 5.75 Å². The van der Waals surface area contributed by atoms with E-state index in [1.165, 1.54) is 11.1 Å². The molecule has 0 aliphatic rings. The van der Waals surface area contributed by atoms with E-state index >= 15 is 0 Å². The Morgan fingerprint density at radius 1 is 1.10 bits per heavy atom. The zero-order chi connectivity index (χ0) is 14.9. The molecule has 3 nitrogen and oxygen atoms in total. The van der Waals surface area contributed by atoms with Crippen LogP contribution in [0.2, 0.25) is 0 Å². The lowest BCUT2D eigenvalue weighted by molar-refractivity contribution is 0.466. The molecular weight excluding hydrogens is 250 g/mol. The lowest BCUT2D eigenvalue weighted by Crippen LogP contribution is -2.18. The highest BCUT2D eigenvalue weighted by atomic mass is 16.3. The van der Waals surface area contributed by atoms with Gasteiger partial charge in [-0.15, -0.1) is 0 Å². The van der Waals surface area contributed by atoms with Crippen molar-refractivity contribution in [2.75, 3.05) is 0 Å². The van der Waals surface area contributed by atoms with Crippen molar-refractivity contribution in [1.82, 2.24) is 5.32 Å². The highest BCUT2D eigenvalue weighted by Crippen LogP contribution is 2.24. The van der Waals surface area contributed by atoms with Crippen LogP contribution in [0.5, 0.6) is 5.75 Å². The topological polar surface area (TPSA) is 45.4 Å². The third-order valence-electron chi connectivity index (χ3n) is 3.71. The van der Waals surface area contributed by atoms with Gasteiger partial charge in [0.15, 0.2) is 0 Å². The molecule has 1 unspecified atom stereocenters. The number of hydrogen-bond donors (Lipinski definition) is 2. The lowest BCUT2D eigenvalue weighted by Gasteiger charge is -2.14. The van der Waals surface area contributed by atoms with Crippen LogP contribution < -0.4 is 5.32 Å². The molecule has 3 heteroatoms. The molecule has 0 saturated heterocycles. The summed E-state index contributed by atoms with van der Waals surface area (Å²) in [4.78, 5) is 0. The summed E-state index contributed by atoms with van der Waals surface area (Å²) in [5.74, 6) is 2.31. The molecule has 1 aromatic heterocycles. The number of nitrogens with one attached hydrogen (secondary N) is 1. The fourth-order valence-electron chi connectivity index (χ4n) is 2.61. The molecule has 0 aliphatic heterocycles. The van der Waals surface area contributed by atoms with Gasteiger partial charge in [0.25, 0.3) is 0 Å². The predicted molar refractivity (Wildman–Crippen MR) is 81.0 cm³/mol. The van der Waals surface area contributed by atoms with Crippen LogP contribution >= 0.6 is 0 Å². The van der Waals surface area contributed by atoms with Crippen LogP contribution in [0, 0.1) is 27.7 Å². The Bertz CT molecular complexity index is 590. The van der Waals surface area contributed by atoms with Crippen molar-refractivity contribution in [3.05, 3.63) is 52.0 Å². The van der Waals surface area contributed by atoms with Crippen LogP contribution in [0.1, 0.15) is 46.7 Å². The number of hydrogen-bond acceptors (Lipinski definition) is 3. The van der Waals surface area contributed by atoms with E-state index in [1.807, 2.05) is 39.8 Å². The second kappa shape index (κ2) is 5.71. The lowest BCUT2D eigenvalue weighted by atomic mass is 10.0. The molecule has 1 atom stereocenters. The first kappa shape index (κ1) is 14.7. The fraction of sp³-hybridized carbons (Fsp3) is 0.412. The van der Waals surface area contributed by atoms with Crippen LogP contribution in [-0.4, -0.2) is 5.11 Å². The number of furan rings is 1. The molecule has 0 aliphatic carbocycles. The average molecular weight is 273 g/mol. The Balaban J connectivity index is 2.07. The summed E-state index contributed by atoms with van der Waals surface area (Å²) >= 11 is 0. The van der Waals surface area contributed by atoms with Crippen molar-refractivity contribution >= 4 is 0 Å². The summed E-state index contributed by atoms with van der Waals surface area (Å²) in [6.07, 6.45) is 0. The number of phenols is 1. The molecule has 2 N–H and O–H groups in total. The van der Waals surface area contributed by atoms with Gasteiger partial charge in [-0.3, -0.25) is 0 Å². The zero-order valence-electron chi connectivity index (χ0n) is 12.9. The molecule has 2 aromatic rings. The largest absolute Gasteiger partial charge is 0.507 e. The van der Waals surface area contributed by atoms with E-state index in [9.17, 15) is 5.11 Å². The predicted octanol–water partition coefficient (Wildman–Crippen LogP) is 4.07. The Morgan fingerprint density at radius 3 is 2.20 bits per heavy atom. The second-order valence-corrected chi connectivity index (χ2v) is 5.55. The molecule has 0 fully saturated rings. The minimum atomic E-state index is 0.238. The first-order chi connectivity index (χ1) is 9.38. The van der Waals surface area contributed by atoms with Crippen LogP contribution in [0.25, 0.3) is 0 Å². The van der Waals surface area contributed by atoms with Gasteiger partial charge in [0.1, 0.15) is 17.3 Å². The number of aromatic hydroxyl groups is 1. The van der Waals surface area contributed by atoms with Gasteiger partial charge in [0, 0.05) is 18.2 Å². The van der Waals surface area contributed by atoms with Gasteiger partial charge in [-0.2, -0.15) is 0 Å². The van der Waals surface area contributed by atoms with Gasteiger partial charge < -0.3 is 14.8 Å². The minimum Gasteiger partial charge on any atom is -0.507 e. The summed E-state index contributed by atoms with van der Waals surface area (Å²) in [5.41, 5.74) is 4.23. The average Bonchev–Trinajstić information content (AvgIpc) is 2.72. The smallest absolute Gasteiger partial charge is 0.121 e. The summed E-state index contributed by atoms with van der Waals surface area (Å²) in [5, 5.41) is 13.3. The Hall–Kier alpha value is -1.74. The van der Waals surface area contributed by atoms with Gasteiger partial charge >= 0.3 is 0 Å². The van der Waals surface area contributed by atoms with E-state index in [-0.39, 0.29) is 6.04 Å². The van der Waals surface area contributed by atoms with E-state index in [1.54, 1.807) is 0 Å². The summed E-state index contributed by atoms with van der Waals surface area (Å²) in [7, 11) is 0. The molecular formula is C17H23NO2. The SMILES string of the molecule is Cc1cc(C(C)NCc2cc(C)c(O)c(C)c2)c(C)o1. The van der Waals surface area contributed by atoms with E-state index in [0.717, 1.165) is 29.2 Å². The van der Waals surface area contributed by atoms with E-state index in [4.69, 9.17) is 4.42 Å². The monoisotopic (exact) mass is 273 g/mol. The van der Waals surface area contributed by atoms with Crippen molar-refractivity contribution in [1.29, 1.82) is 0 Å². The highest BCUT2D eigenvalue weighted by Gasteiger charge is 2.12. The first-order valence-corrected chi connectivity index (χ1v) is 6.98. The maximum atomic E-state index is 9.79. The van der Waals surface area contributed by atoms with Gasteiger partial charge in [0.05, 0.1) is 0 Å². The first-order valence-electron chi connectivity index (χ1n) is 6.98. The van der Waals surface area contributed by atoms with Crippen LogP contribution in [0.4, 0.5) is 0 Å². The third kappa shape index (κ3) is 3.05. The molecule has 2 rings (SSSR count). The molecule has 0 amide bonds. The minimum absolute atomic E-state index is 0.238. The fourth-order valence-corrected chi connectivity index (χ4v) is 2.61. The molecule has 1 aromatic carbocycles. The van der Waals surface area contributed by atoms with E-state index < -0.39 is 0 Å². The summed E-state index contributed by atoms with van der Waals surface area (Å²) in [6, 6.07) is 6.37. The van der Waals surface area contributed by atoms with Crippen molar-refractivity contribution < 1.29 is 9.52 Å². The number of benzene rings is 1. The number of phenolic OH excluding ortho intramolecular Hbond substituents is 1. The van der Waals surface area contributed by atoms with Crippen LogP contribution in [0.15, 0.2) is 22.6 Å².